The van der Waals surface area contributed by atoms with E-state index in [1.165, 1.54) is 0 Å². The Bertz CT molecular complexity index is 430. The molecule has 0 saturated carbocycles. The predicted molar refractivity (Wildman–Crippen MR) is 63.7 cm³/mol. The molecular weight excluding hydrogens is 245 g/mol. The summed E-state index contributed by atoms with van der Waals surface area (Å²) in [6, 6.07) is 4.92. The molecule has 100 valence electrons. The van der Waals surface area contributed by atoms with E-state index in [1.54, 1.807) is 25.2 Å². The molecule has 0 unspecified atom stereocenters. The molecule has 1 aromatic rings. The third kappa shape index (κ3) is 4.27. The van der Waals surface area contributed by atoms with Gasteiger partial charge in [-0.2, -0.15) is 13.2 Å². The van der Waals surface area contributed by atoms with Gasteiger partial charge in [0.1, 0.15) is 0 Å². The number of hydrogen-bond donors (Lipinski definition) is 2. The van der Waals surface area contributed by atoms with Crippen LogP contribution in [0.25, 0.3) is 0 Å². The first kappa shape index (κ1) is 14.3. The van der Waals surface area contributed by atoms with Crippen LogP contribution in [-0.2, 0) is 0 Å². The van der Waals surface area contributed by atoms with Crippen LogP contribution in [0.3, 0.4) is 0 Å². The first-order valence-electron chi connectivity index (χ1n) is 5.47. The van der Waals surface area contributed by atoms with E-state index in [0.29, 0.717) is 5.56 Å². The third-order valence-electron chi connectivity index (χ3n) is 2.45. The van der Waals surface area contributed by atoms with Crippen LogP contribution in [0.15, 0.2) is 18.2 Å². The van der Waals surface area contributed by atoms with Crippen molar-refractivity contribution in [3.63, 3.8) is 0 Å². The molecule has 1 amide bonds. The highest BCUT2D eigenvalue weighted by atomic mass is 19.4. The molecule has 0 atom stereocenters. The van der Waals surface area contributed by atoms with Crippen LogP contribution in [0.5, 0.6) is 0 Å². The summed E-state index contributed by atoms with van der Waals surface area (Å²) in [5, 5.41) is 5.18. The Balaban J connectivity index is 2.59. The highest BCUT2D eigenvalue weighted by molar-refractivity contribution is 5.94. The number of carbonyl (C=O) groups is 1. The van der Waals surface area contributed by atoms with Crippen molar-refractivity contribution in [1.82, 2.24) is 5.32 Å². The summed E-state index contributed by atoms with van der Waals surface area (Å²) >= 11 is 0. The molecule has 0 saturated heterocycles. The minimum atomic E-state index is -4.25. The summed E-state index contributed by atoms with van der Waals surface area (Å²) in [7, 11) is 1.76. The fourth-order valence-electron chi connectivity index (χ4n) is 1.51. The highest BCUT2D eigenvalue weighted by Gasteiger charge is 2.26. The maximum Gasteiger partial charge on any atom is 0.390 e. The zero-order chi connectivity index (χ0) is 13.8. The van der Waals surface area contributed by atoms with Gasteiger partial charge in [-0.1, -0.05) is 0 Å². The summed E-state index contributed by atoms with van der Waals surface area (Å²) in [5.74, 6) is -0.495. The van der Waals surface area contributed by atoms with Crippen molar-refractivity contribution < 1.29 is 18.0 Å². The normalized spacial score (nSPS) is 11.2. The van der Waals surface area contributed by atoms with E-state index in [0.717, 1.165) is 11.3 Å². The third-order valence-corrected chi connectivity index (χ3v) is 2.45. The Morgan fingerprint density at radius 1 is 1.33 bits per heavy atom. The molecule has 2 N–H and O–H groups in total. The molecule has 0 radical (unpaired) electrons. The van der Waals surface area contributed by atoms with Crippen molar-refractivity contribution in [3.05, 3.63) is 29.3 Å². The number of carbonyl (C=O) groups excluding carboxylic acids is 1. The van der Waals surface area contributed by atoms with Crippen LogP contribution in [0.4, 0.5) is 18.9 Å². The number of benzene rings is 1. The van der Waals surface area contributed by atoms with Gasteiger partial charge < -0.3 is 10.6 Å². The number of aryl methyl sites for hydroxylation is 1. The van der Waals surface area contributed by atoms with Crippen molar-refractivity contribution in [2.24, 2.45) is 0 Å². The van der Waals surface area contributed by atoms with Crippen molar-refractivity contribution in [1.29, 1.82) is 0 Å². The van der Waals surface area contributed by atoms with Crippen LogP contribution < -0.4 is 10.6 Å². The minimum Gasteiger partial charge on any atom is -0.388 e. The van der Waals surface area contributed by atoms with E-state index < -0.39 is 25.0 Å². The summed E-state index contributed by atoms with van der Waals surface area (Å²) < 4.78 is 35.7. The largest absolute Gasteiger partial charge is 0.390 e. The number of alkyl halides is 3. The SMILES string of the molecule is CNc1ccc(C(=O)NCCC(F)(F)F)cc1C. The van der Waals surface area contributed by atoms with Gasteiger partial charge in [0.2, 0.25) is 0 Å². The summed E-state index contributed by atoms with van der Waals surface area (Å²) in [5.41, 5.74) is 2.09. The first-order chi connectivity index (χ1) is 8.33. The van der Waals surface area contributed by atoms with Crippen LogP contribution >= 0.6 is 0 Å². The molecule has 6 heteroatoms. The summed E-state index contributed by atoms with van der Waals surface area (Å²) in [6.07, 6.45) is -5.27. The van der Waals surface area contributed by atoms with Gasteiger partial charge >= 0.3 is 6.18 Å². The lowest BCUT2D eigenvalue weighted by Crippen LogP contribution is -2.27. The number of anilines is 1. The fourth-order valence-corrected chi connectivity index (χ4v) is 1.51. The molecule has 1 rings (SSSR count). The summed E-state index contributed by atoms with van der Waals surface area (Å²) in [4.78, 5) is 11.6. The minimum absolute atomic E-state index is 0.355. The molecule has 1 aromatic carbocycles. The smallest absolute Gasteiger partial charge is 0.388 e. The van der Waals surface area contributed by atoms with Crippen molar-refractivity contribution >= 4 is 11.6 Å². The Hall–Kier alpha value is -1.72. The van der Waals surface area contributed by atoms with E-state index >= 15 is 0 Å². The molecular formula is C12H15F3N2O. The molecule has 0 spiro atoms. The molecule has 0 heterocycles. The van der Waals surface area contributed by atoms with Crippen molar-refractivity contribution in [3.8, 4) is 0 Å². The second kappa shape index (κ2) is 5.75. The van der Waals surface area contributed by atoms with E-state index in [1.807, 2.05) is 6.92 Å². The van der Waals surface area contributed by atoms with Gasteiger partial charge in [-0.05, 0) is 30.7 Å². The van der Waals surface area contributed by atoms with Crippen molar-refractivity contribution in [2.45, 2.75) is 19.5 Å². The Morgan fingerprint density at radius 2 is 2.00 bits per heavy atom. The van der Waals surface area contributed by atoms with E-state index in [-0.39, 0.29) is 0 Å². The van der Waals surface area contributed by atoms with E-state index in [2.05, 4.69) is 10.6 Å². The number of hydrogen-bond acceptors (Lipinski definition) is 2. The molecule has 0 aliphatic heterocycles. The molecule has 0 bridgehead atoms. The lowest BCUT2D eigenvalue weighted by atomic mass is 10.1. The lowest BCUT2D eigenvalue weighted by Gasteiger charge is -2.10. The molecule has 0 aromatic heterocycles. The number of halogens is 3. The van der Waals surface area contributed by atoms with Gasteiger partial charge in [-0.25, -0.2) is 0 Å². The van der Waals surface area contributed by atoms with Crippen LogP contribution in [0.1, 0.15) is 22.3 Å². The maximum atomic E-state index is 11.9. The fraction of sp³-hybridized carbons (Fsp3) is 0.417. The molecule has 0 fully saturated rings. The van der Waals surface area contributed by atoms with Gasteiger partial charge in [0.15, 0.2) is 0 Å². The Kier molecular flexibility index (Phi) is 4.58. The predicted octanol–water partition coefficient (Wildman–Crippen LogP) is 2.72. The second-order valence-corrected chi connectivity index (χ2v) is 3.90. The van der Waals surface area contributed by atoms with E-state index in [4.69, 9.17) is 0 Å². The lowest BCUT2D eigenvalue weighted by molar-refractivity contribution is -0.132. The second-order valence-electron chi connectivity index (χ2n) is 3.90. The average Bonchev–Trinajstić information content (AvgIpc) is 2.27. The topological polar surface area (TPSA) is 41.1 Å². The molecule has 3 nitrogen and oxygen atoms in total. The zero-order valence-electron chi connectivity index (χ0n) is 10.2. The van der Waals surface area contributed by atoms with Gasteiger partial charge in [0.25, 0.3) is 5.91 Å². The number of rotatable bonds is 4. The van der Waals surface area contributed by atoms with Crippen molar-refractivity contribution in [2.75, 3.05) is 18.9 Å². The average molecular weight is 260 g/mol. The standard InChI is InChI=1S/C12H15F3N2O/c1-8-7-9(3-4-10(8)16-2)11(18)17-6-5-12(13,14)15/h3-4,7,16H,5-6H2,1-2H3,(H,17,18). The molecule has 18 heavy (non-hydrogen) atoms. The molecule has 0 aliphatic rings. The van der Waals surface area contributed by atoms with Crippen LogP contribution in [-0.4, -0.2) is 25.7 Å². The van der Waals surface area contributed by atoms with Crippen LogP contribution in [0, 0.1) is 6.92 Å². The highest BCUT2D eigenvalue weighted by Crippen LogP contribution is 2.19. The zero-order valence-corrected chi connectivity index (χ0v) is 10.2. The van der Waals surface area contributed by atoms with Crippen LogP contribution in [0.2, 0.25) is 0 Å². The van der Waals surface area contributed by atoms with Gasteiger partial charge in [-0.15, -0.1) is 0 Å². The first-order valence-corrected chi connectivity index (χ1v) is 5.47. The quantitative estimate of drug-likeness (QED) is 0.874. The Labute approximate surface area is 103 Å². The Morgan fingerprint density at radius 3 is 2.50 bits per heavy atom. The number of amides is 1. The van der Waals surface area contributed by atoms with E-state index in [9.17, 15) is 18.0 Å². The van der Waals surface area contributed by atoms with Gasteiger partial charge in [0.05, 0.1) is 6.42 Å². The maximum absolute atomic E-state index is 11.9. The number of nitrogens with one attached hydrogen (secondary N) is 2. The monoisotopic (exact) mass is 260 g/mol. The van der Waals surface area contributed by atoms with Gasteiger partial charge in [0, 0.05) is 24.8 Å². The summed E-state index contributed by atoms with van der Waals surface area (Å²) in [6.45, 7) is 1.41. The molecule has 0 aliphatic carbocycles. The van der Waals surface area contributed by atoms with Gasteiger partial charge in [-0.3, -0.25) is 4.79 Å².